The summed E-state index contributed by atoms with van der Waals surface area (Å²) in [4.78, 5) is 13.3. The minimum absolute atomic E-state index is 0.0129. The van der Waals surface area contributed by atoms with Gasteiger partial charge in [-0.15, -0.1) is 0 Å². The molecule has 46 heavy (non-hydrogen) atoms. The number of carbonyl (C=O) groups excluding carboxylic acids is 1. The maximum Gasteiger partial charge on any atom is 0.220 e. The van der Waals surface area contributed by atoms with Crippen molar-refractivity contribution in [2.45, 2.75) is 160 Å². The van der Waals surface area contributed by atoms with Gasteiger partial charge in [-0.3, -0.25) is 4.79 Å². The summed E-state index contributed by atoms with van der Waals surface area (Å²) in [7, 11) is -4.47. The summed E-state index contributed by atoms with van der Waals surface area (Å²) in [5, 5.41) is 14.0. The zero-order valence-corrected chi connectivity index (χ0v) is 33.0. The summed E-state index contributed by atoms with van der Waals surface area (Å²) >= 11 is 0. The van der Waals surface area contributed by atoms with E-state index in [0.29, 0.717) is 6.42 Å². The molecule has 2 aromatic rings. The maximum atomic E-state index is 13.3. The van der Waals surface area contributed by atoms with Crippen molar-refractivity contribution < 1.29 is 18.8 Å². The van der Waals surface area contributed by atoms with E-state index >= 15 is 0 Å². The van der Waals surface area contributed by atoms with Crippen LogP contribution in [-0.4, -0.2) is 52.5 Å². The first-order valence-electron chi connectivity index (χ1n) is 17.8. The monoisotopic (exact) mass is 669 g/mol. The normalized spacial score (nSPS) is 14.9. The number of aliphatic hydroxyl groups is 1. The number of unbranched alkanes of at least 4 members (excludes halogenated alkanes) is 4. The molecule has 260 valence electrons. The molecule has 2 N–H and O–H groups in total. The van der Waals surface area contributed by atoms with Crippen molar-refractivity contribution in [2.75, 3.05) is 6.61 Å². The molecule has 0 radical (unpaired) electrons. The molecule has 0 aliphatic heterocycles. The summed E-state index contributed by atoms with van der Waals surface area (Å²) in [6, 6.07) is 20.7. The highest BCUT2D eigenvalue weighted by molar-refractivity contribution is 6.74. The Morgan fingerprint density at radius 2 is 1.15 bits per heavy atom. The molecule has 0 spiro atoms. The molecule has 3 atom stereocenters. The Labute approximate surface area is 284 Å². The van der Waals surface area contributed by atoms with Crippen LogP contribution in [-0.2, 0) is 26.5 Å². The molecular formula is C39H67NO4Si2. The van der Waals surface area contributed by atoms with Crippen LogP contribution in [0.4, 0.5) is 0 Å². The number of aliphatic hydroxyl groups excluding tert-OH is 1. The van der Waals surface area contributed by atoms with E-state index < -0.39 is 28.8 Å². The average molecular weight is 670 g/mol. The first-order valence-corrected chi connectivity index (χ1v) is 23.6. The zero-order chi connectivity index (χ0) is 34.4. The number of nitrogens with one attached hydrogen (secondary N) is 1. The molecule has 0 heterocycles. The van der Waals surface area contributed by atoms with Gasteiger partial charge in [0.05, 0.1) is 24.9 Å². The van der Waals surface area contributed by atoms with Gasteiger partial charge in [-0.25, -0.2) is 0 Å². The number of benzene rings is 2. The molecule has 5 nitrogen and oxygen atoms in total. The molecule has 0 fully saturated rings. The van der Waals surface area contributed by atoms with Gasteiger partial charge >= 0.3 is 0 Å². The van der Waals surface area contributed by atoms with E-state index in [9.17, 15) is 9.90 Å². The van der Waals surface area contributed by atoms with E-state index in [-0.39, 0.29) is 28.7 Å². The Hall–Kier alpha value is -1.78. The Balaban J connectivity index is 2.18. The summed E-state index contributed by atoms with van der Waals surface area (Å²) < 4.78 is 14.3. The van der Waals surface area contributed by atoms with E-state index in [1.807, 2.05) is 0 Å². The molecule has 0 aliphatic rings. The average Bonchev–Trinajstić information content (AvgIpc) is 2.98. The molecule has 2 rings (SSSR count). The standard InChI is InChI=1S/C39H67NO4Si2/c1-38(2,3)45(7,8)43-35(29-22-21-28-33-26-18-14-19-27-33)37(44-46(9,10)39(4,5)6)34(31-41)40-36(42)30-20-12-11-15-23-32-24-16-13-17-25-32/h13-14,16-19,24-27,34-35,37,41H,11-12,15,20-23,28-31H2,1-10H3,(H,40,42)/t34-,35-,37-/m0/s1. The van der Waals surface area contributed by atoms with Crippen LogP contribution in [0.3, 0.4) is 0 Å². The minimum atomic E-state index is -2.28. The lowest BCUT2D eigenvalue weighted by Crippen LogP contribution is -2.59. The topological polar surface area (TPSA) is 67.8 Å². The second-order valence-corrected chi connectivity index (χ2v) is 25.8. The lowest BCUT2D eigenvalue weighted by atomic mass is 9.99. The molecular weight excluding hydrogens is 603 g/mol. The van der Waals surface area contributed by atoms with Crippen LogP contribution in [0.15, 0.2) is 60.7 Å². The lowest BCUT2D eigenvalue weighted by Gasteiger charge is -2.47. The quantitative estimate of drug-likeness (QED) is 0.109. The van der Waals surface area contributed by atoms with Crippen LogP contribution in [0.25, 0.3) is 0 Å². The molecule has 0 unspecified atom stereocenters. The van der Waals surface area contributed by atoms with E-state index in [4.69, 9.17) is 8.85 Å². The third-order valence-electron chi connectivity index (χ3n) is 10.3. The van der Waals surface area contributed by atoms with Crippen molar-refractivity contribution in [3.63, 3.8) is 0 Å². The summed E-state index contributed by atoms with van der Waals surface area (Å²) in [6.07, 6.45) is 8.87. The van der Waals surface area contributed by atoms with Gasteiger partial charge in [0.15, 0.2) is 16.6 Å². The van der Waals surface area contributed by atoms with Gasteiger partial charge < -0.3 is 19.3 Å². The van der Waals surface area contributed by atoms with Crippen molar-refractivity contribution in [1.82, 2.24) is 5.32 Å². The molecule has 2 aromatic carbocycles. The van der Waals surface area contributed by atoms with Gasteiger partial charge in [0.1, 0.15) is 0 Å². The lowest BCUT2D eigenvalue weighted by molar-refractivity contribution is -0.124. The smallest absolute Gasteiger partial charge is 0.220 e. The van der Waals surface area contributed by atoms with Crippen LogP contribution < -0.4 is 5.32 Å². The largest absolute Gasteiger partial charge is 0.411 e. The molecule has 0 saturated carbocycles. The van der Waals surface area contributed by atoms with Crippen LogP contribution in [0.1, 0.15) is 104 Å². The molecule has 0 saturated heterocycles. The third-order valence-corrected chi connectivity index (χ3v) is 19.3. The zero-order valence-electron chi connectivity index (χ0n) is 31.0. The van der Waals surface area contributed by atoms with Crippen LogP contribution >= 0.6 is 0 Å². The van der Waals surface area contributed by atoms with Crippen LogP contribution in [0.2, 0.25) is 36.3 Å². The highest BCUT2D eigenvalue weighted by Crippen LogP contribution is 2.41. The Morgan fingerprint density at radius 1 is 0.696 bits per heavy atom. The third kappa shape index (κ3) is 13.8. The van der Waals surface area contributed by atoms with Crippen molar-refractivity contribution >= 4 is 22.5 Å². The van der Waals surface area contributed by atoms with Gasteiger partial charge in [-0.1, -0.05) is 121 Å². The highest BCUT2D eigenvalue weighted by atomic mass is 28.4. The van der Waals surface area contributed by atoms with Gasteiger partial charge in [0.25, 0.3) is 0 Å². The van der Waals surface area contributed by atoms with Crippen LogP contribution in [0, 0.1) is 0 Å². The van der Waals surface area contributed by atoms with Gasteiger partial charge in [-0.2, -0.15) is 0 Å². The molecule has 0 aromatic heterocycles. The molecule has 1 amide bonds. The number of amides is 1. The minimum Gasteiger partial charge on any atom is -0.411 e. The number of hydrogen-bond acceptors (Lipinski definition) is 4. The SMILES string of the molecule is CC(C)(C)[Si](C)(C)O[C@@H]([C@H](CO)NC(=O)CCCCCCc1ccccc1)[C@H](CCCCc1ccccc1)O[Si](C)(C)C(C)(C)C. The molecule has 0 aliphatic carbocycles. The Bertz CT molecular complexity index is 1130. The van der Waals surface area contributed by atoms with Crippen molar-refractivity contribution in [3.8, 4) is 0 Å². The van der Waals surface area contributed by atoms with E-state index in [2.05, 4.69) is 134 Å². The van der Waals surface area contributed by atoms with E-state index in [1.165, 1.54) is 11.1 Å². The maximum absolute atomic E-state index is 13.3. The predicted molar refractivity (Wildman–Crippen MR) is 200 cm³/mol. The molecule has 0 bridgehead atoms. The van der Waals surface area contributed by atoms with Gasteiger partial charge in [0.2, 0.25) is 5.91 Å². The fourth-order valence-corrected chi connectivity index (χ4v) is 7.93. The van der Waals surface area contributed by atoms with E-state index in [0.717, 1.165) is 57.8 Å². The van der Waals surface area contributed by atoms with Crippen molar-refractivity contribution in [2.24, 2.45) is 0 Å². The fourth-order valence-electron chi connectivity index (χ4n) is 5.22. The summed E-state index contributed by atoms with van der Waals surface area (Å²) in [5.74, 6) is -0.0129. The first-order chi connectivity index (χ1) is 21.5. The number of carbonyl (C=O) groups is 1. The summed E-state index contributed by atoms with van der Waals surface area (Å²) in [6.45, 7) is 22.4. The van der Waals surface area contributed by atoms with Gasteiger partial charge in [0, 0.05) is 6.42 Å². The second kappa shape index (κ2) is 18.7. The molecule has 7 heteroatoms. The fraction of sp³-hybridized carbons (Fsp3) is 0.667. The second-order valence-electron chi connectivity index (χ2n) is 16.2. The van der Waals surface area contributed by atoms with Crippen LogP contribution in [0.5, 0.6) is 0 Å². The highest BCUT2D eigenvalue weighted by Gasteiger charge is 2.46. The van der Waals surface area contributed by atoms with E-state index in [1.54, 1.807) is 0 Å². The predicted octanol–water partition coefficient (Wildman–Crippen LogP) is 9.85. The van der Waals surface area contributed by atoms with Crippen molar-refractivity contribution in [1.29, 1.82) is 0 Å². The van der Waals surface area contributed by atoms with Crippen molar-refractivity contribution in [3.05, 3.63) is 71.8 Å². The number of rotatable bonds is 20. The van der Waals surface area contributed by atoms with Gasteiger partial charge in [-0.05, 0) is 85.9 Å². The Morgan fingerprint density at radius 3 is 1.63 bits per heavy atom. The number of hydrogen-bond donors (Lipinski definition) is 2. The number of aryl methyl sites for hydroxylation is 2. The first kappa shape index (κ1) is 40.4. The summed E-state index contributed by atoms with van der Waals surface area (Å²) in [5.41, 5.74) is 2.72. The Kier molecular flexibility index (Phi) is 16.4.